The minimum atomic E-state index is 0.326. The molecule has 1 aromatic carbocycles. The smallest absolute Gasteiger partial charge is 0.142 e. The number of piperazine rings is 1. The number of rotatable bonds is 10. The first kappa shape index (κ1) is 22.6. The van der Waals surface area contributed by atoms with E-state index in [4.69, 9.17) is 4.74 Å². The van der Waals surface area contributed by atoms with Crippen LogP contribution in [0.3, 0.4) is 0 Å². The maximum absolute atomic E-state index is 5.53. The van der Waals surface area contributed by atoms with Crippen molar-refractivity contribution < 1.29 is 4.74 Å². The first-order valence-electron chi connectivity index (χ1n) is 11.6. The molecule has 2 aliphatic rings. The number of unbranched alkanes of at least 4 members (excludes halogenated alkanes) is 1. The maximum Gasteiger partial charge on any atom is 0.142 e. The number of ether oxygens (including phenoxy) is 1. The Morgan fingerprint density at radius 3 is 2.55 bits per heavy atom. The Morgan fingerprint density at radius 2 is 1.83 bits per heavy atom. The number of para-hydroxylation sites is 2. The molecule has 1 saturated heterocycles. The molecule has 1 aliphatic carbocycles. The van der Waals surface area contributed by atoms with E-state index in [0.717, 1.165) is 37.8 Å². The van der Waals surface area contributed by atoms with Crippen LogP contribution < -0.4 is 14.4 Å². The quantitative estimate of drug-likeness (QED) is 0.437. The van der Waals surface area contributed by atoms with Gasteiger partial charge in [0.25, 0.3) is 0 Å². The summed E-state index contributed by atoms with van der Waals surface area (Å²) in [5.74, 6) is 3.33. The van der Waals surface area contributed by atoms with E-state index in [1.165, 1.54) is 69.5 Å². The van der Waals surface area contributed by atoms with Crippen LogP contribution in [-0.4, -0.2) is 62.4 Å². The van der Waals surface area contributed by atoms with Gasteiger partial charge in [-0.2, -0.15) is 0 Å². The fraction of sp³-hybridized carbons (Fsp3) is 0.708. The SMILES string of the molecule is C/C=S(/CC1CCCCC1)NCCCCN1CCN(c2ccccc2OC)CC1. The van der Waals surface area contributed by atoms with Gasteiger partial charge in [-0.1, -0.05) is 36.8 Å². The van der Waals surface area contributed by atoms with E-state index in [2.05, 4.69) is 45.0 Å². The van der Waals surface area contributed by atoms with Crippen molar-refractivity contribution in [1.82, 2.24) is 9.62 Å². The highest BCUT2D eigenvalue weighted by atomic mass is 32.2. The normalized spacial score (nSPS) is 20.1. The highest BCUT2D eigenvalue weighted by Gasteiger charge is 2.19. The lowest BCUT2D eigenvalue weighted by Gasteiger charge is -2.36. The monoisotopic (exact) mass is 419 g/mol. The van der Waals surface area contributed by atoms with E-state index in [1.807, 2.05) is 6.07 Å². The molecule has 1 N–H and O–H groups in total. The van der Waals surface area contributed by atoms with Crippen LogP contribution in [0.2, 0.25) is 0 Å². The Morgan fingerprint density at radius 1 is 1.07 bits per heavy atom. The molecule has 1 saturated carbocycles. The lowest BCUT2D eigenvalue weighted by atomic mass is 9.91. The van der Waals surface area contributed by atoms with E-state index >= 15 is 0 Å². The van der Waals surface area contributed by atoms with Crippen molar-refractivity contribution in [3.8, 4) is 5.75 Å². The Kier molecular flexibility index (Phi) is 9.84. The number of hydrogen-bond donors (Lipinski definition) is 1. The van der Waals surface area contributed by atoms with Gasteiger partial charge in [-0.25, -0.2) is 0 Å². The number of nitrogens with one attached hydrogen (secondary N) is 1. The average molecular weight is 420 g/mol. The second kappa shape index (κ2) is 12.6. The molecule has 0 spiro atoms. The molecule has 0 aromatic heterocycles. The summed E-state index contributed by atoms with van der Waals surface area (Å²) in [7, 11) is 2.09. The molecular weight excluding hydrogens is 378 g/mol. The number of anilines is 1. The molecule has 1 unspecified atom stereocenters. The Bertz CT molecular complexity index is 622. The lowest BCUT2D eigenvalue weighted by molar-refractivity contribution is 0.252. The third-order valence-corrected chi connectivity index (χ3v) is 8.39. The van der Waals surface area contributed by atoms with Gasteiger partial charge in [0.15, 0.2) is 0 Å². The molecule has 1 heterocycles. The molecule has 3 rings (SSSR count). The van der Waals surface area contributed by atoms with Crippen molar-refractivity contribution >= 4 is 21.7 Å². The van der Waals surface area contributed by atoms with Crippen molar-refractivity contribution in [2.24, 2.45) is 5.92 Å². The predicted molar refractivity (Wildman–Crippen MR) is 130 cm³/mol. The molecule has 0 bridgehead atoms. The second-order valence-electron chi connectivity index (χ2n) is 8.44. The van der Waals surface area contributed by atoms with Crippen molar-refractivity contribution in [3.05, 3.63) is 24.3 Å². The predicted octanol–water partition coefficient (Wildman–Crippen LogP) is 4.77. The Labute approximate surface area is 181 Å². The highest BCUT2D eigenvalue weighted by Crippen LogP contribution is 2.29. The fourth-order valence-electron chi connectivity index (χ4n) is 4.61. The zero-order chi connectivity index (χ0) is 20.3. The van der Waals surface area contributed by atoms with Crippen LogP contribution in [-0.2, 0) is 0 Å². The Balaban J connectivity index is 1.29. The van der Waals surface area contributed by atoms with Crippen LogP contribution >= 0.6 is 10.7 Å². The van der Waals surface area contributed by atoms with Gasteiger partial charge in [0.1, 0.15) is 5.75 Å². The van der Waals surface area contributed by atoms with Gasteiger partial charge in [0, 0.05) is 38.5 Å². The number of methoxy groups -OCH3 is 1. The highest BCUT2D eigenvalue weighted by molar-refractivity contribution is 8.13. The van der Waals surface area contributed by atoms with E-state index in [0.29, 0.717) is 10.7 Å². The summed E-state index contributed by atoms with van der Waals surface area (Å²) in [5, 5.41) is 2.41. The van der Waals surface area contributed by atoms with Crippen molar-refractivity contribution in [2.75, 3.05) is 57.0 Å². The third kappa shape index (κ3) is 7.30. The molecule has 29 heavy (non-hydrogen) atoms. The maximum atomic E-state index is 5.53. The number of nitrogens with zero attached hydrogens (tertiary/aromatic N) is 2. The molecule has 1 aliphatic heterocycles. The summed E-state index contributed by atoms with van der Waals surface area (Å²) >= 11 is 0. The fourth-order valence-corrected chi connectivity index (χ4v) is 6.34. The topological polar surface area (TPSA) is 27.7 Å². The molecule has 0 amide bonds. The van der Waals surface area contributed by atoms with Gasteiger partial charge in [0.2, 0.25) is 0 Å². The van der Waals surface area contributed by atoms with E-state index in [-0.39, 0.29) is 0 Å². The van der Waals surface area contributed by atoms with Crippen LogP contribution in [0.5, 0.6) is 5.75 Å². The van der Waals surface area contributed by atoms with Crippen LogP contribution in [0.4, 0.5) is 5.69 Å². The summed E-state index contributed by atoms with van der Waals surface area (Å²) in [6.07, 6.45) is 9.87. The van der Waals surface area contributed by atoms with E-state index < -0.39 is 0 Å². The first-order valence-corrected chi connectivity index (χ1v) is 13.1. The van der Waals surface area contributed by atoms with Crippen molar-refractivity contribution in [3.63, 3.8) is 0 Å². The van der Waals surface area contributed by atoms with E-state index in [9.17, 15) is 0 Å². The summed E-state index contributed by atoms with van der Waals surface area (Å²) in [5.41, 5.74) is 1.24. The molecule has 2 fully saturated rings. The van der Waals surface area contributed by atoms with Crippen LogP contribution in [0.1, 0.15) is 51.9 Å². The van der Waals surface area contributed by atoms with Gasteiger partial charge < -0.3 is 9.64 Å². The minimum Gasteiger partial charge on any atom is -0.495 e. The molecule has 164 valence electrons. The molecule has 1 atom stereocenters. The summed E-state index contributed by atoms with van der Waals surface area (Å²) in [6.45, 7) is 9.12. The Hall–Kier alpha value is -1.04. The molecule has 5 heteroatoms. The average Bonchev–Trinajstić information content (AvgIpc) is 2.79. The van der Waals surface area contributed by atoms with Crippen LogP contribution in [0, 0.1) is 5.92 Å². The van der Waals surface area contributed by atoms with Gasteiger partial charge >= 0.3 is 0 Å². The standard InChI is InChI=1S/C24H41N3OS/c1-3-29(21-22-11-5-4-6-12-22)25-15-9-10-16-26-17-19-27(20-18-26)23-13-7-8-14-24(23)28-2/h3,7-8,13-14,22,25H,4-6,9-12,15-21H2,1-2H3. The second-order valence-corrected chi connectivity index (χ2v) is 10.4. The van der Waals surface area contributed by atoms with Crippen LogP contribution in [0.15, 0.2) is 24.3 Å². The number of benzene rings is 1. The molecule has 1 aromatic rings. The van der Waals surface area contributed by atoms with Crippen LogP contribution in [0.25, 0.3) is 0 Å². The molecular formula is C24H41N3OS. The first-order chi connectivity index (χ1) is 14.3. The zero-order valence-electron chi connectivity index (χ0n) is 18.6. The number of hydrogen-bond acceptors (Lipinski definition) is 4. The van der Waals surface area contributed by atoms with E-state index in [1.54, 1.807) is 7.11 Å². The van der Waals surface area contributed by atoms with Gasteiger partial charge in [-0.15, -0.1) is 10.7 Å². The minimum absolute atomic E-state index is 0.326. The molecule has 4 nitrogen and oxygen atoms in total. The summed E-state index contributed by atoms with van der Waals surface area (Å²) < 4.78 is 9.36. The largest absolute Gasteiger partial charge is 0.495 e. The summed E-state index contributed by atoms with van der Waals surface area (Å²) in [6, 6.07) is 8.39. The van der Waals surface area contributed by atoms with Gasteiger partial charge in [0.05, 0.1) is 12.8 Å². The summed E-state index contributed by atoms with van der Waals surface area (Å²) in [4.78, 5) is 5.09. The zero-order valence-corrected chi connectivity index (χ0v) is 19.4. The van der Waals surface area contributed by atoms with Crippen molar-refractivity contribution in [2.45, 2.75) is 51.9 Å². The lowest BCUT2D eigenvalue weighted by Crippen LogP contribution is -2.46. The molecule has 0 radical (unpaired) electrons. The van der Waals surface area contributed by atoms with Crippen molar-refractivity contribution in [1.29, 1.82) is 0 Å². The van der Waals surface area contributed by atoms with Gasteiger partial charge in [-0.05, 0) is 57.2 Å². The third-order valence-electron chi connectivity index (χ3n) is 6.41. The van der Waals surface area contributed by atoms with Gasteiger partial charge in [-0.3, -0.25) is 9.62 Å².